The van der Waals surface area contributed by atoms with Crippen molar-refractivity contribution < 1.29 is 23.1 Å². The Labute approximate surface area is 141 Å². The van der Waals surface area contributed by atoms with Crippen LogP contribution in [0, 0.1) is 5.92 Å². The highest BCUT2D eigenvalue weighted by Crippen LogP contribution is 2.30. The molecule has 134 valence electrons. The highest BCUT2D eigenvalue weighted by atomic mass is 19.4. The van der Waals surface area contributed by atoms with E-state index in [-0.39, 0.29) is 35.9 Å². The molecule has 2 unspecified atom stereocenters. The number of nitrogens with zero attached hydrogens (tertiary/aromatic N) is 4. The predicted molar refractivity (Wildman–Crippen MR) is 82.1 cm³/mol. The van der Waals surface area contributed by atoms with E-state index in [1.54, 1.807) is 0 Å². The summed E-state index contributed by atoms with van der Waals surface area (Å²) in [5.41, 5.74) is -0.609. The quantitative estimate of drug-likeness (QED) is 0.917. The summed E-state index contributed by atoms with van der Waals surface area (Å²) >= 11 is 0. The molecule has 2 aromatic rings. The smallest absolute Gasteiger partial charge is 0.394 e. The highest BCUT2D eigenvalue weighted by Gasteiger charge is 2.35. The fourth-order valence-electron chi connectivity index (χ4n) is 3.00. The zero-order chi connectivity index (χ0) is 18.2. The normalized spacial score (nSPS) is 20.9. The minimum absolute atomic E-state index is 0.0324. The van der Waals surface area contributed by atoms with Gasteiger partial charge in [-0.25, -0.2) is 4.68 Å². The maximum atomic E-state index is 12.8. The van der Waals surface area contributed by atoms with E-state index in [2.05, 4.69) is 10.3 Å². The Morgan fingerprint density at radius 2 is 2.16 bits per heavy atom. The van der Waals surface area contributed by atoms with E-state index < -0.39 is 11.7 Å². The topological polar surface area (TPSA) is 71.2 Å². The largest absolute Gasteiger partial charge is 0.416 e. The summed E-state index contributed by atoms with van der Waals surface area (Å²) in [6, 6.07) is 4.34. The van der Waals surface area contributed by atoms with Crippen LogP contribution in [0.3, 0.4) is 0 Å². The lowest BCUT2D eigenvalue weighted by Crippen LogP contribution is -2.40. The lowest BCUT2D eigenvalue weighted by atomic mass is 10.0. The molecule has 0 bridgehead atoms. The van der Waals surface area contributed by atoms with Crippen molar-refractivity contribution in [3.63, 3.8) is 0 Å². The average Bonchev–Trinajstić information content (AvgIpc) is 3.20. The molecule has 0 saturated carbocycles. The summed E-state index contributed by atoms with van der Waals surface area (Å²) in [4.78, 5) is 14.1. The summed E-state index contributed by atoms with van der Waals surface area (Å²) in [6.07, 6.45) is -2.39. The molecule has 1 aliphatic heterocycles. The van der Waals surface area contributed by atoms with Crippen molar-refractivity contribution in [3.05, 3.63) is 41.7 Å². The van der Waals surface area contributed by atoms with Gasteiger partial charge in [-0.2, -0.15) is 13.2 Å². The molecule has 1 aliphatic rings. The first-order valence-corrected chi connectivity index (χ1v) is 7.83. The van der Waals surface area contributed by atoms with Gasteiger partial charge in [-0.1, -0.05) is 18.2 Å². The van der Waals surface area contributed by atoms with Gasteiger partial charge in [0, 0.05) is 6.54 Å². The second-order valence-corrected chi connectivity index (χ2v) is 6.11. The second-order valence-electron chi connectivity index (χ2n) is 6.11. The van der Waals surface area contributed by atoms with Crippen LogP contribution in [0.5, 0.6) is 0 Å². The Kier molecular flexibility index (Phi) is 4.51. The number of alkyl halides is 3. The van der Waals surface area contributed by atoms with Crippen molar-refractivity contribution >= 4 is 5.91 Å². The van der Waals surface area contributed by atoms with Crippen molar-refractivity contribution in [3.8, 4) is 5.69 Å². The molecule has 1 saturated heterocycles. The third kappa shape index (κ3) is 3.37. The lowest BCUT2D eigenvalue weighted by Gasteiger charge is -2.24. The molecule has 1 aromatic carbocycles. The van der Waals surface area contributed by atoms with Crippen molar-refractivity contribution in [2.45, 2.75) is 25.6 Å². The van der Waals surface area contributed by atoms with Gasteiger partial charge in [0.25, 0.3) is 5.91 Å². The molecule has 1 aromatic heterocycles. The van der Waals surface area contributed by atoms with Gasteiger partial charge in [-0.3, -0.25) is 4.79 Å². The van der Waals surface area contributed by atoms with E-state index in [0.717, 1.165) is 23.2 Å². The SMILES string of the molecule is CC1CCN(C(=O)c2cn(-c3cccc(C(F)(F)F)c3)nn2)C1CO. The summed E-state index contributed by atoms with van der Waals surface area (Å²) in [5.74, 6) is -0.214. The number of aromatic nitrogens is 3. The summed E-state index contributed by atoms with van der Waals surface area (Å²) in [6.45, 7) is 2.31. The standard InChI is InChI=1S/C16H17F3N4O2/c1-10-5-6-22(14(10)9-24)15(25)13-8-23(21-20-13)12-4-2-3-11(7-12)16(17,18)19/h2-4,7-8,10,14,24H,5-6,9H2,1H3. The van der Waals surface area contributed by atoms with E-state index in [1.165, 1.54) is 23.2 Å². The predicted octanol–water partition coefficient (Wildman–Crippen LogP) is 2.13. The number of likely N-dealkylation sites (tertiary alicyclic amines) is 1. The van der Waals surface area contributed by atoms with E-state index in [1.807, 2.05) is 6.92 Å². The average molecular weight is 354 g/mol. The van der Waals surface area contributed by atoms with Crippen LogP contribution in [-0.2, 0) is 6.18 Å². The van der Waals surface area contributed by atoms with Crippen LogP contribution in [0.15, 0.2) is 30.5 Å². The number of amides is 1. The molecule has 0 radical (unpaired) electrons. The van der Waals surface area contributed by atoms with E-state index >= 15 is 0 Å². The number of carbonyl (C=O) groups is 1. The molecule has 2 heterocycles. The first kappa shape index (κ1) is 17.4. The van der Waals surface area contributed by atoms with Crippen LogP contribution in [0.4, 0.5) is 13.2 Å². The molecule has 2 atom stereocenters. The van der Waals surface area contributed by atoms with E-state index in [9.17, 15) is 23.1 Å². The monoisotopic (exact) mass is 354 g/mol. The molecule has 0 aliphatic carbocycles. The number of aliphatic hydroxyl groups excluding tert-OH is 1. The fraction of sp³-hybridized carbons (Fsp3) is 0.438. The Balaban J connectivity index is 1.85. The van der Waals surface area contributed by atoms with Gasteiger partial charge < -0.3 is 10.0 Å². The fourth-order valence-corrected chi connectivity index (χ4v) is 3.00. The molecule has 6 nitrogen and oxygen atoms in total. The molecular weight excluding hydrogens is 337 g/mol. The first-order chi connectivity index (χ1) is 11.8. The zero-order valence-electron chi connectivity index (χ0n) is 13.4. The molecule has 1 N–H and O–H groups in total. The number of carbonyl (C=O) groups excluding carboxylic acids is 1. The number of benzene rings is 1. The number of aliphatic hydroxyl groups is 1. The van der Waals surface area contributed by atoms with Crippen LogP contribution in [0.1, 0.15) is 29.4 Å². The van der Waals surface area contributed by atoms with Gasteiger partial charge in [0.15, 0.2) is 5.69 Å². The molecule has 25 heavy (non-hydrogen) atoms. The van der Waals surface area contributed by atoms with Gasteiger partial charge in [-0.05, 0) is 30.5 Å². The number of hydrogen-bond donors (Lipinski definition) is 1. The van der Waals surface area contributed by atoms with Crippen molar-refractivity contribution in [1.82, 2.24) is 19.9 Å². The maximum absolute atomic E-state index is 12.8. The Morgan fingerprint density at radius 3 is 2.84 bits per heavy atom. The number of halogens is 3. The first-order valence-electron chi connectivity index (χ1n) is 7.83. The third-order valence-electron chi connectivity index (χ3n) is 4.48. The van der Waals surface area contributed by atoms with E-state index in [4.69, 9.17) is 0 Å². The summed E-state index contributed by atoms with van der Waals surface area (Å²) in [7, 11) is 0. The summed E-state index contributed by atoms with van der Waals surface area (Å²) in [5, 5.41) is 17.0. The van der Waals surface area contributed by atoms with Crippen molar-refractivity contribution in [2.75, 3.05) is 13.2 Å². The van der Waals surface area contributed by atoms with Crippen LogP contribution < -0.4 is 0 Å². The van der Waals surface area contributed by atoms with Crippen LogP contribution in [0.25, 0.3) is 5.69 Å². The minimum Gasteiger partial charge on any atom is -0.394 e. The molecule has 1 fully saturated rings. The van der Waals surface area contributed by atoms with Crippen molar-refractivity contribution in [1.29, 1.82) is 0 Å². The summed E-state index contributed by atoms with van der Waals surface area (Å²) < 4.78 is 39.6. The zero-order valence-corrected chi connectivity index (χ0v) is 13.4. The number of rotatable bonds is 3. The van der Waals surface area contributed by atoms with Crippen LogP contribution in [-0.4, -0.2) is 50.1 Å². The van der Waals surface area contributed by atoms with Gasteiger partial charge in [0.1, 0.15) is 0 Å². The highest BCUT2D eigenvalue weighted by molar-refractivity contribution is 5.92. The van der Waals surface area contributed by atoms with Gasteiger partial charge in [-0.15, -0.1) is 5.10 Å². The van der Waals surface area contributed by atoms with Crippen LogP contribution in [0.2, 0.25) is 0 Å². The van der Waals surface area contributed by atoms with Crippen LogP contribution >= 0.6 is 0 Å². The van der Waals surface area contributed by atoms with E-state index in [0.29, 0.717) is 6.54 Å². The Bertz CT molecular complexity index is 775. The molecule has 9 heteroatoms. The van der Waals surface area contributed by atoms with Gasteiger partial charge in [0.2, 0.25) is 0 Å². The Morgan fingerprint density at radius 1 is 1.40 bits per heavy atom. The molecule has 3 rings (SSSR count). The Hall–Kier alpha value is -2.42. The third-order valence-corrected chi connectivity index (χ3v) is 4.48. The molecule has 1 amide bonds. The maximum Gasteiger partial charge on any atom is 0.416 e. The molecule has 0 spiro atoms. The number of hydrogen-bond acceptors (Lipinski definition) is 4. The lowest BCUT2D eigenvalue weighted by molar-refractivity contribution is -0.137. The molecular formula is C16H17F3N4O2. The minimum atomic E-state index is -4.46. The van der Waals surface area contributed by atoms with Gasteiger partial charge >= 0.3 is 6.18 Å². The van der Waals surface area contributed by atoms with Crippen molar-refractivity contribution in [2.24, 2.45) is 5.92 Å². The second kappa shape index (κ2) is 6.47. The van der Waals surface area contributed by atoms with Gasteiger partial charge in [0.05, 0.1) is 30.1 Å².